The molecule has 1 fully saturated rings. The van der Waals surface area contributed by atoms with E-state index >= 15 is 0 Å². The summed E-state index contributed by atoms with van der Waals surface area (Å²) < 4.78 is 0. The number of carbonyl (C=O) groups is 1. The first kappa shape index (κ1) is 13.4. The van der Waals surface area contributed by atoms with Gasteiger partial charge in [0.05, 0.1) is 12.5 Å². The second kappa shape index (κ2) is 5.75. The van der Waals surface area contributed by atoms with Crippen LogP contribution in [0.25, 0.3) is 0 Å². The van der Waals surface area contributed by atoms with Gasteiger partial charge in [0.1, 0.15) is 6.04 Å². The highest BCUT2D eigenvalue weighted by Crippen LogP contribution is 2.25. The normalized spacial score (nSPS) is 23.4. The first-order valence-corrected chi connectivity index (χ1v) is 6.63. The summed E-state index contributed by atoms with van der Waals surface area (Å²) in [6.45, 7) is 4.81. The zero-order chi connectivity index (χ0) is 13.8. The topological polar surface area (TPSA) is 56.1 Å². The van der Waals surface area contributed by atoms with Gasteiger partial charge in [-0.1, -0.05) is 17.7 Å². The predicted octanol–water partition coefficient (Wildman–Crippen LogP) is 1.99. The van der Waals surface area contributed by atoms with E-state index in [1.165, 1.54) is 5.56 Å². The molecular formula is C15H19N3O. The summed E-state index contributed by atoms with van der Waals surface area (Å²) in [5, 5.41) is 11.9. The minimum Gasteiger partial charge on any atom is -0.356 e. The van der Waals surface area contributed by atoms with Gasteiger partial charge in [0.15, 0.2) is 0 Å². The van der Waals surface area contributed by atoms with Gasteiger partial charge in [-0.2, -0.15) is 5.26 Å². The molecule has 0 radical (unpaired) electrons. The maximum atomic E-state index is 12.1. The molecule has 19 heavy (non-hydrogen) atoms. The van der Waals surface area contributed by atoms with Crippen LogP contribution in [-0.4, -0.2) is 24.5 Å². The number of rotatable bonds is 2. The number of carbonyl (C=O) groups excluding carboxylic acids is 1. The SMILES string of the molecule is Cc1ccc(N2C(C)CCNC(=O)C2CC#N)cc1. The zero-order valence-electron chi connectivity index (χ0n) is 11.4. The Morgan fingerprint density at radius 2 is 2.11 bits per heavy atom. The molecule has 1 saturated heterocycles. The van der Waals surface area contributed by atoms with Crippen molar-refractivity contribution in [1.29, 1.82) is 5.26 Å². The maximum absolute atomic E-state index is 12.1. The van der Waals surface area contributed by atoms with E-state index in [0.29, 0.717) is 6.54 Å². The number of hydrogen-bond donors (Lipinski definition) is 1. The Labute approximate surface area is 114 Å². The Morgan fingerprint density at radius 3 is 2.74 bits per heavy atom. The van der Waals surface area contributed by atoms with Crippen LogP contribution in [0.4, 0.5) is 5.69 Å². The van der Waals surface area contributed by atoms with E-state index in [-0.39, 0.29) is 18.4 Å². The lowest BCUT2D eigenvalue weighted by Gasteiger charge is -2.34. The second-order valence-corrected chi connectivity index (χ2v) is 5.05. The smallest absolute Gasteiger partial charge is 0.243 e. The molecule has 1 aromatic carbocycles. The highest BCUT2D eigenvalue weighted by Gasteiger charge is 2.32. The Morgan fingerprint density at radius 1 is 1.42 bits per heavy atom. The summed E-state index contributed by atoms with van der Waals surface area (Å²) in [5.74, 6) is -0.0496. The molecule has 0 spiro atoms. The molecule has 1 aliphatic heterocycles. The lowest BCUT2D eigenvalue weighted by Crippen LogP contribution is -2.47. The number of nitrogens with one attached hydrogen (secondary N) is 1. The molecule has 1 aliphatic rings. The molecule has 0 bridgehead atoms. The van der Waals surface area contributed by atoms with Gasteiger partial charge in [-0.05, 0) is 32.4 Å². The minimum absolute atomic E-state index is 0.0496. The van der Waals surface area contributed by atoms with Crippen LogP contribution in [0.15, 0.2) is 24.3 Å². The van der Waals surface area contributed by atoms with E-state index in [4.69, 9.17) is 5.26 Å². The average Bonchev–Trinajstić information content (AvgIpc) is 2.52. The molecule has 0 saturated carbocycles. The highest BCUT2D eigenvalue weighted by molar-refractivity contribution is 5.86. The van der Waals surface area contributed by atoms with Crippen molar-refractivity contribution in [3.05, 3.63) is 29.8 Å². The molecule has 100 valence electrons. The van der Waals surface area contributed by atoms with Crippen molar-refractivity contribution in [3.8, 4) is 6.07 Å². The average molecular weight is 257 g/mol. The molecular weight excluding hydrogens is 238 g/mol. The van der Waals surface area contributed by atoms with Crippen LogP contribution in [0, 0.1) is 18.3 Å². The Kier molecular flexibility index (Phi) is 4.06. The van der Waals surface area contributed by atoms with Crippen LogP contribution < -0.4 is 10.2 Å². The molecule has 0 aliphatic carbocycles. The molecule has 4 nitrogen and oxygen atoms in total. The summed E-state index contributed by atoms with van der Waals surface area (Å²) in [7, 11) is 0. The second-order valence-electron chi connectivity index (χ2n) is 5.05. The van der Waals surface area contributed by atoms with Crippen LogP contribution in [-0.2, 0) is 4.79 Å². The Balaban J connectivity index is 2.37. The maximum Gasteiger partial charge on any atom is 0.243 e. The van der Waals surface area contributed by atoms with Crippen LogP contribution in [0.1, 0.15) is 25.3 Å². The van der Waals surface area contributed by atoms with E-state index in [2.05, 4.69) is 23.2 Å². The van der Waals surface area contributed by atoms with E-state index in [1.54, 1.807) is 0 Å². The summed E-state index contributed by atoms with van der Waals surface area (Å²) in [6.07, 6.45) is 1.10. The highest BCUT2D eigenvalue weighted by atomic mass is 16.2. The summed E-state index contributed by atoms with van der Waals surface area (Å²) in [6, 6.07) is 10.1. The molecule has 2 atom stereocenters. The summed E-state index contributed by atoms with van der Waals surface area (Å²) >= 11 is 0. The molecule has 0 aromatic heterocycles. The fraction of sp³-hybridized carbons (Fsp3) is 0.467. The van der Waals surface area contributed by atoms with Crippen molar-refractivity contribution < 1.29 is 4.79 Å². The summed E-state index contributed by atoms with van der Waals surface area (Å²) in [4.78, 5) is 14.2. The molecule has 2 unspecified atom stereocenters. The van der Waals surface area contributed by atoms with Gasteiger partial charge in [-0.15, -0.1) is 0 Å². The number of benzene rings is 1. The van der Waals surface area contributed by atoms with E-state index in [1.807, 2.05) is 31.2 Å². The Hall–Kier alpha value is -2.02. The fourth-order valence-corrected chi connectivity index (χ4v) is 2.52. The van der Waals surface area contributed by atoms with Gasteiger partial charge in [0.2, 0.25) is 5.91 Å². The third-order valence-electron chi connectivity index (χ3n) is 3.59. The predicted molar refractivity (Wildman–Crippen MR) is 74.8 cm³/mol. The van der Waals surface area contributed by atoms with E-state index in [0.717, 1.165) is 12.1 Å². The fourth-order valence-electron chi connectivity index (χ4n) is 2.52. The Bertz CT molecular complexity index is 489. The van der Waals surface area contributed by atoms with Crippen LogP contribution in [0.5, 0.6) is 0 Å². The molecule has 1 heterocycles. The first-order chi connectivity index (χ1) is 9.13. The van der Waals surface area contributed by atoms with Crippen molar-refractivity contribution in [2.45, 2.75) is 38.8 Å². The summed E-state index contributed by atoms with van der Waals surface area (Å²) in [5.41, 5.74) is 2.20. The number of nitriles is 1. The molecule has 1 N–H and O–H groups in total. The lowest BCUT2D eigenvalue weighted by molar-refractivity contribution is -0.122. The van der Waals surface area contributed by atoms with Crippen molar-refractivity contribution >= 4 is 11.6 Å². The van der Waals surface area contributed by atoms with Crippen molar-refractivity contribution in [2.24, 2.45) is 0 Å². The first-order valence-electron chi connectivity index (χ1n) is 6.63. The molecule has 2 rings (SSSR count). The quantitative estimate of drug-likeness (QED) is 0.881. The van der Waals surface area contributed by atoms with Crippen molar-refractivity contribution in [3.63, 3.8) is 0 Å². The molecule has 4 heteroatoms. The van der Waals surface area contributed by atoms with Crippen LogP contribution in [0.3, 0.4) is 0 Å². The van der Waals surface area contributed by atoms with E-state index in [9.17, 15) is 4.79 Å². The molecule has 1 aromatic rings. The molecule has 1 amide bonds. The van der Waals surface area contributed by atoms with Gasteiger partial charge in [0.25, 0.3) is 0 Å². The van der Waals surface area contributed by atoms with Crippen molar-refractivity contribution in [1.82, 2.24) is 5.32 Å². The van der Waals surface area contributed by atoms with Crippen LogP contribution >= 0.6 is 0 Å². The van der Waals surface area contributed by atoms with Gasteiger partial charge in [-0.3, -0.25) is 4.79 Å². The standard InChI is InChI=1S/C15H19N3O/c1-11-3-5-13(6-4-11)18-12(2)8-10-17-15(19)14(18)7-9-16/h3-6,12,14H,7-8,10H2,1-2H3,(H,17,19). The number of hydrogen-bond acceptors (Lipinski definition) is 3. The zero-order valence-corrected chi connectivity index (χ0v) is 11.4. The lowest BCUT2D eigenvalue weighted by atomic mass is 10.1. The van der Waals surface area contributed by atoms with Gasteiger partial charge < -0.3 is 10.2 Å². The number of anilines is 1. The van der Waals surface area contributed by atoms with Crippen molar-refractivity contribution in [2.75, 3.05) is 11.4 Å². The third kappa shape index (κ3) is 2.87. The third-order valence-corrected chi connectivity index (χ3v) is 3.59. The van der Waals surface area contributed by atoms with Gasteiger partial charge in [-0.25, -0.2) is 0 Å². The monoisotopic (exact) mass is 257 g/mol. The van der Waals surface area contributed by atoms with Gasteiger partial charge in [0, 0.05) is 18.3 Å². The minimum atomic E-state index is -0.398. The number of nitrogens with zero attached hydrogens (tertiary/aromatic N) is 2. The van der Waals surface area contributed by atoms with Crippen LogP contribution in [0.2, 0.25) is 0 Å². The number of aryl methyl sites for hydroxylation is 1. The largest absolute Gasteiger partial charge is 0.356 e. The van der Waals surface area contributed by atoms with Gasteiger partial charge >= 0.3 is 0 Å². The number of amides is 1. The van der Waals surface area contributed by atoms with E-state index < -0.39 is 6.04 Å².